The van der Waals surface area contributed by atoms with Gasteiger partial charge in [0.25, 0.3) is 0 Å². The van der Waals surface area contributed by atoms with Gasteiger partial charge in [0.05, 0.1) is 0 Å². The molecule has 0 saturated carbocycles. The van der Waals surface area contributed by atoms with Crippen LogP contribution in [0.3, 0.4) is 0 Å². The third kappa shape index (κ3) is 5.08. The molecular formula is C21H23ClFN3O. The fourth-order valence-electron chi connectivity index (χ4n) is 3.26. The minimum Gasteiger partial charge on any atom is -0.398 e. The van der Waals surface area contributed by atoms with Gasteiger partial charge in [0, 0.05) is 60.8 Å². The number of nitrogen functional groups attached to an aromatic ring is 1. The van der Waals surface area contributed by atoms with Gasteiger partial charge in [-0.05, 0) is 42.8 Å². The molecule has 1 heterocycles. The Kier molecular flexibility index (Phi) is 6.14. The third-order valence-corrected chi connectivity index (χ3v) is 5.02. The van der Waals surface area contributed by atoms with Crippen molar-refractivity contribution in [2.45, 2.75) is 19.5 Å². The van der Waals surface area contributed by atoms with Gasteiger partial charge in [-0.3, -0.25) is 9.69 Å². The maximum Gasteiger partial charge on any atom is 0.189 e. The number of piperazine rings is 1. The van der Waals surface area contributed by atoms with Crippen molar-refractivity contribution in [3.8, 4) is 0 Å². The van der Waals surface area contributed by atoms with E-state index in [1.54, 1.807) is 24.3 Å². The topological polar surface area (TPSA) is 49.6 Å². The molecule has 27 heavy (non-hydrogen) atoms. The van der Waals surface area contributed by atoms with Gasteiger partial charge in [-0.2, -0.15) is 0 Å². The molecule has 0 amide bonds. The van der Waals surface area contributed by atoms with Gasteiger partial charge in [-0.1, -0.05) is 23.7 Å². The van der Waals surface area contributed by atoms with Crippen molar-refractivity contribution in [3.63, 3.8) is 0 Å². The summed E-state index contributed by atoms with van der Waals surface area (Å²) in [5, 5.41) is 0.490. The molecule has 2 N–H and O–H groups in total. The molecular weight excluding hydrogens is 365 g/mol. The SMILES string of the molecule is CC1CN(Cc2ccc(F)cc2)CCN1C=CC(=O)c1cc(Cl)ccc1N. The van der Waals surface area contributed by atoms with Crippen LogP contribution in [0, 0.1) is 5.82 Å². The van der Waals surface area contributed by atoms with Crippen molar-refractivity contribution in [1.29, 1.82) is 0 Å². The predicted octanol–water partition coefficient (Wildman–Crippen LogP) is 3.96. The Labute approximate surface area is 164 Å². The summed E-state index contributed by atoms with van der Waals surface area (Å²) in [5.74, 6) is -0.372. The highest BCUT2D eigenvalue weighted by atomic mass is 35.5. The van der Waals surface area contributed by atoms with E-state index in [-0.39, 0.29) is 17.6 Å². The lowest BCUT2D eigenvalue weighted by Gasteiger charge is -2.39. The number of benzene rings is 2. The van der Waals surface area contributed by atoms with E-state index in [0.29, 0.717) is 16.3 Å². The lowest BCUT2D eigenvalue weighted by molar-refractivity contribution is 0.103. The minimum absolute atomic E-state index is 0.157. The average Bonchev–Trinajstić information content (AvgIpc) is 2.64. The quantitative estimate of drug-likeness (QED) is 0.479. The van der Waals surface area contributed by atoms with Crippen molar-refractivity contribution >= 4 is 23.1 Å². The predicted molar refractivity (Wildman–Crippen MR) is 107 cm³/mol. The Hall–Kier alpha value is -2.37. The smallest absolute Gasteiger partial charge is 0.189 e. The molecule has 142 valence electrons. The van der Waals surface area contributed by atoms with E-state index in [2.05, 4.69) is 16.7 Å². The first-order chi connectivity index (χ1) is 12.9. The van der Waals surface area contributed by atoms with Gasteiger partial charge in [0.2, 0.25) is 0 Å². The van der Waals surface area contributed by atoms with E-state index in [9.17, 15) is 9.18 Å². The van der Waals surface area contributed by atoms with E-state index < -0.39 is 0 Å². The Morgan fingerprint density at radius 1 is 1.26 bits per heavy atom. The number of hydrogen-bond acceptors (Lipinski definition) is 4. The highest BCUT2D eigenvalue weighted by molar-refractivity contribution is 6.31. The Balaban J connectivity index is 1.58. The van der Waals surface area contributed by atoms with Crippen LogP contribution in [0.5, 0.6) is 0 Å². The standard InChI is InChI=1S/C21H23ClFN3O/c1-15-13-25(14-16-2-5-18(23)6-3-16)10-11-26(15)9-8-21(27)19-12-17(22)4-7-20(19)24/h2-9,12,15H,10-11,13-14,24H2,1H3. The van der Waals surface area contributed by atoms with Crippen molar-refractivity contribution < 1.29 is 9.18 Å². The van der Waals surface area contributed by atoms with E-state index >= 15 is 0 Å². The van der Waals surface area contributed by atoms with E-state index in [4.69, 9.17) is 17.3 Å². The lowest BCUT2D eigenvalue weighted by atomic mass is 10.1. The Bertz CT molecular complexity index is 838. The zero-order valence-corrected chi connectivity index (χ0v) is 16.0. The number of nitrogens with zero attached hydrogens (tertiary/aromatic N) is 2. The maximum atomic E-state index is 13.0. The van der Waals surface area contributed by atoms with Crippen LogP contribution in [-0.2, 0) is 6.54 Å². The number of anilines is 1. The van der Waals surface area contributed by atoms with Gasteiger partial charge in [0.15, 0.2) is 5.78 Å². The van der Waals surface area contributed by atoms with Gasteiger partial charge in [-0.25, -0.2) is 4.39 Å². The molecule has 2 aromatic carbocycles. The number of hydrogen-bond donors (Lipinski definition) is 1. The summed E-state index contributed by atoms with van der Waals surface area (Å²) >= 11 is 5.96. The summed E-state index contributed by atoms with van der Waals surface area (Å²) in [6.07, 6.45) is 3.39. The zero-order chi connectivity index (χ0) is 19.4. The van der Waals surface area contributed by atoms with Crippen molar-refractivity contribution in [1.82, 2.24) is 9.80 Å². The fourth-order valence-corrected chi connectivity index (χ4v) is 3.43. The second-order valence-corrected chi connectivity index (χ2v) is 7.30. The Morgan fingerprint density at radius 3 is 2.70 bits per heavy atom. The molecule has 0 aromatic heterocycles. The molecule has 1 atom stereocenters. The summed E-state index contributed by atoms with van der Waals surface area (Å²) in [4.78, 5) is 16.9. The highest BCUT2D eigenvalue weighted by Crippen LogP contribution is 2.19. The van der Waals surface area contributed by atoms with Crippen LogP contribution in [0.15, 0.2) is 54.7 Å². The van der Waals surface area contributed by atoms with Crippen LogP contribution in [0.2, 0.25) is 5.02 Å². The molecule has 1 aliphatic heterocycles. The molecule has 0 radical (unpaired) electrons. The molecule has 2 aromatic rings. The van der Waals surface area contributed by atoms with Gasteiger partial charge in [-0.15, -0.1) is 0 Å². The van der Waals surface area contributed by atoms with Crippen LogP contribution in [0.4, 0.5) is 10.1 Å². The number of nitrogens with two attached hydrogens (primary N) is 1. The molecule has 1 unspecified atom stereocenters. The van der Waals surface area contributed by atoms with Gasteiger partial charge >= 0.3 is 0 Å². The normalized spacial score (nSPS) is 18.2. The minimum atomic E-state index is -0.216. The van der Waals surface area contributed by atoms with Crippen molar-refractivity contribution in [3.05, 3.63) is 76.7 Å². The second kappa shape index (κ2) is 8.55. The molecule has 4 nitrogen and oxygen atoms in total. The van der Waals surface area contributed by atoms with Crippen molar-refractivity contribution in [2.75, 3.05) is 25.4 Å². The first-order valence-electron chi connectivity index (χ1n) is 8.92. The average molecular weight is 388 g/mol. The number of carbonyl (C=O) groups is 1. The van der Waals surface area contributed by atoms with Gasteiger partial charge < -0.3 is 10.6 Å². The third-order valence-electron chi connectivity index (χ3n) is 4.78. The molecule has 1 aliphatic rings. The monoisotopic (exact) mass is 387 g/mol. The Morgan fingerprint density at radius 2 is 2.00 bits per heavy atom. The first-order valence-corrected chi connectivity index (χ1v) is 9.30. The number of carbonyl (C=O) groups excluding carboxylic acids is 1. The summed E-state index contributed by atoms with van der Waals surface area (Å²) in [5.41, 5.74) is 7.81. The molecule has 1 saturated heterocycles. The molecule has 1 fully saturated rings. The molecule has 0 bridgehead atoms. The van der Waals surface area contributed by atoms with E-state index in [1.807, 2.05) is 18.3 Å². The van der Waals surface area contributed by atoms with E-state index in [0.717, 1.165) is 31.7 Å². The summed E-state index contributed by atoms with van der Waals surface area (Å²) in [6.45, 7) is 5.48. The van der Waals surface area contributed by atoms with Crippen LogP contribution < -0.4 is 5.73 Å². The molecule has 6 heteroatoms. The fraction of sp³-hybridized carbons (Fsp3) is 0.286. The maximum absolute atomic E-state index is 13.0. The number of rotatable bonds is 5. The lowest BCUT2D eigenvalue weighted by Crippen LogP contribution is -2.49. The number of halogens is 2. The van der Waals surface area contributed by atoms with Crippen molar-refractivity contribution in [2.24, 2.45) is 0 Å². The molecule has 0 aliphatic carbocycles. The van der Waals surface area contributed by atoms with Crippen LogP contribution >= 0.6 is 11.6 Å². The largest absolute Gasteiger partial charge is 0.398 e. The zero-order valence-electron chi connectivity index (χ0n) is 15.2. The second-order valence-electron chi connectivity index (χ2n) is 6.86. The number of allylic oxidation sites excluding steroid dienone is 1. The summed E-state index contributed by atoms with van der Waals surface area (Å²) < 4.78 is 13.0. The molecule has 3 rings (SSSR count). The summed E-state index contributed by atoms with van der Waals surface area (Å²) in [7, 11) is 0. The van der Waals surface area contributed by atoms with Crippen LogP contribution in [-0.4, -0.2) is 41.3 Å². The first kappa shape index (κ1) is 19.4. The van der Waals surface area contributed by atoms with Gasteiger partial charge in [0.1, 0.15) is 5.82 Å². The van der Waals surface area contributed by atoms with Crippen LogP contribution in [0.1, 0.15) is 22.8 Å². The highest BCUT2D eigenvalue weighted by Gasteiger charge is 2.21. The molecule has 0 spiro atoms. The van der Waals surface area contributed by atoms with E-state index in [1.165, 1.54) is 12.1 Å². The van der Waals surface area contributed by atoms with Crippen LogP contribution in [0.25, 0.3) is 0 Å². The summed E-state index contributed by atoms with van der Waals surface area (Å²) in [6, 6.07) is 11.8. The number of ketones is 1.